The number of alkyl carbamates (subject to hydrolysis) is 1. The van der Waals surface area contributed by atoms with Crippen molar-refractivity contribution < 1.29 is 23.9 Å². The van der Waals surface area contributed by atoms with Crippen molar-refractivity contribution in [2.24, 2.45) is 5.73 Å². The molecule has 0 bridgehead atoms. The summed E-state index contributed by atoms with van der Waals surface area (Å²) >= 11 is 0. The van der Waals surface area contributed by atoms with E-state index in [1.807, 2.05) is 31.2 Å². The predicted octanol–water partition coefficient (Wildman–Crippen LogP) is 2.97. The summed E-state index contributed by atoms with van der Waals surface area (Å²) in [7, 11) is 1.49. The molecule has 2 rings (SSSR count). The molecule has 35 heavy (non-hydrogen) atoms. The number of ether oxygens (including phenoxy) is 1. The molecular weight excluding hydrogens is 448 g/mol. The van der Waals surface area contributed by atoms with E-state index in [9.17, 15) is 19.2 Å². The second-order valence-electron chi connectivity index (χ2n) is 10.2. The van der Waals surface area contributed by atoms with Crippen molar-refractivity contribution in [3.05, 3.63) is 35.4 Å². The molecule has 9 heteroatoms. The molecule has 0 aromatic heterocycles. The lowest BCUT2D eigenvalue weighted by molar-refractivity contribution is -0.142. The molecule has 9 nitrogen and oxygen atoms in total. The first kappa shape index (κ1) is 28.1. The summed E-state index contributed by atoms with van der Waals surface area (Å²) in [6.45, 7) is 7.11. The summed E-state index contributed by atoms with van der Waals surface area (Å²) in [5.41, 5.74) is 6.31. The maximum Gasteiger partial charge on any atom is 0.408 e. The second-order valence-corrected chi connectivity index (χ2v) is 10.2. The average molecular weight is 489 g/mol. The van der Waals surface area contributed by atoms with Gasteiger partial charge in [0.15, 0.2) is 0 Å². The molecule has 1 aliphatic rings. The number of likely N-dealkylation sites (N-methyl/N-ethyl adjacent to an activating group) is 1. The number of nitrogens with two attached hydrogens (primary N) is 1. The Morgan fingerprint density at radius 2 is 1.69 bits per heavy atom. The molecule has 0 heterocycles. The van der Waals surface area contributed by atoms with Crippen molar-refractivity contribution in [2.75, 3.05) is 7.05 Å². The van der Waals surface area contributed by atoms with E-state index in [0.717, 1.165) is 44.1 Å². The molecule has 1 aromatic rings. The Balaban J connectivity index is 2.31. The summed E-state index contributed by atoms with van der Waals surface area (Å²) in [6, 6.07) is 5.36. The fraction of sp³-hybridized carbons (Fsp3) is 0.615. The van der Waals surface area contributed by atoms with Crippen molar-refractivity contribution in [2.45, 2.75) is 96.4 Å². The maximum atomic E-state index is 13.5. The minimum atomic E-state index is -1.27. The van der Waals surface area contributed by atoms with Gasteiger partial charge in [0.25, 0.3) is 0 Å². The Labute approximate surface area is 208 Å². The highest BCUT2D eigenvalue weighted by Gasteiger charge is 2.35. The highest BCUT2D eigenvalue weighted by atomic mass is 16.6. The summed E-state index contributed by atoms with van der Waals surface area (Å²) in [6.07, 6.45) is 4.62. The molecule has 0 saturated heterocycles. The molecule has 1 fully saturated rings. The second kappa shape index (κ2) is 12.6. The third-order valence-electron chi connectivity index (χ3n) is 6.03. The smallest absolute Gasteiger partial charge is 0.408 e. The number of nitrogens with zero attached hydrogens (tertiary/aromatic N) is 1. The summed E-state index contributed by atoms with van der Waals surface area (Å²) in [5, 5.41) is 5.54. The first-order chi connectivity index (χ1) is 16.4. The van der Waals surface area contributed by atoms with Gasteiger partial charge in [0.1, 0.15) is 17.7 Å². The first-order valence-corrected chi connectivity index (χ1v) is 12.3. The Bertz CT molecular complexity index is 888. The van der Waals surface area contributed by atoms with Crippen LogP contribution >= 0.6 is 0 Å². The molecular formula is C26H40N4O5. The van der Waals surface area contributed by atoms with E-state index >= 15 is 0 Å². The molecule has 0 spiro atoms. The molecule has 194 valence electrons. The summed E-state index contributed by atoms with van der Waals surface area (Å²) < 4.78 is 5.25. The van der Waals surface area contributed by atoms with Gasteiger partial charge in [0.2, 0.25) is 17.7 Å². The minimum absolute atomic E-state index is 0.0541. The van der Waals surface area contributed by atoms with E-state index in [1.54, 1.807) is 20.8 Å². The van der Waals surface area contributed by atoms with Crippen LogP contribution in [0.4, 0.5) is 4.79 Å². The maximum absolute atomic E-state index is 13.5. The first-order valence-electron chi connectivity index (χ1n) is 12.3. The van der Waals surface area contributed by atoms with Crippen LogP contribution in [-0.4, -0.2) is 53.4 Å². The van der Waals surface area contributed by atoms with Gasteiger partial charge < -0.3 is 26.0 Å². The van der Waals surface area contributed by atoms with E-state index in [-0.39, 0.29) is 11.9 Å². The van der Waals surface area contributed by atoms with Crippen molar-refractivity contribution in [3.8, 4) is 0 Å². The van der Waals surface area contributed by atoms with E-state index < -0.39 is 42.0 Å². The van der Waals surface area contributed by atoms with E-state index in [0.29, 0.717) is 5.56 Å². The number of nitrogens with one attached hydrogen (secondary N) is 2. The normalized spacial score (nSPS) is 16.0. The molecule has 0 aliphatic heterocycles. The largest absolute Gasteiger partial charge is 0.444 e. The lowest BCUT2D eigenvalue weighted by atomic mass is 9.94. The Kier molecular flexibility index (Phi) is 10.1. The molecule has 4 amide bonds. The van der Waals surface area contributed by atoms with E-state index in [1.165, 1.54) is 11.9 Å². The molecule has 2 atom stereocenters. The van der Waals surface area contributed by atoms with Crippen LogP contribution in [0.5, 0.6) is 0 Å². The van der Waals surface area contributed by atoms with Gasteiger partial charge in [-0.25, -0.2) is 4.79 Å². The van der Waals surface area contributed by atoms with Gasteiger partial charge in [-0.1, -0.05) is 50.5 Å². The Hall–Kier alpha value is -3.10. The average Bonchev–Trinajstić information content (AvgIpc) is 2.77. The third kappa shape index (κ3) is 8.88. The van der Waals surface area contributed by atoms with Crippen LogP contribution in [0.3, 0.4) is 0 Å². The number of carbonyl (C=O) groups excluding carboxylic acids is 4. The van der Waals surface area contributed by atoms with Crippen LogP contribution in [-0.2, 0) is 25.5 Å². The Morgan fingerprint density at radius 1 is 1.09 bits per heavy atom. The zero-order valence-electron chi connectivity index (χ0n) is 21.6. The highest BCUT2D eigenvalue weighted by molar-refractivity contribution is 5.94. The third-order valence-corrected chi connectivity index (χ3v) is 6.03. The van der Waals surface area contributed by atoms with Crippen molar-refractivity contribution >= 4 is 23.8 Å². The lowest BCUT2D eigenvalue weighted by Gasteiger charge is -2.33. The number of benzene rings is 1. The molecule has 1 saturated carbocycles. The summed E-state index contributed by atoms with van der Waals surface area (Å²) in [5.74, 6) is -1.67. The topological polar surface area (TPSA) is 131 Å². The minimum Gasteiger partial charge on any atom is -0.444 e. The fourth-order valence-electron chi connectivity index (χ4n) is 4.24. The summed E-state index contributed by atoms with van der Waals surface area (Å²) in [4.78, 5) is 52.2. The van der Waals surface area contributed by atoms with Crippen molar-refractivity contribution in [1.29, 1.82) is 0 Å². The quantitative estimate of drug-likeness (QED) is 0.492. The SMILES string of the molecule is CCc1ccc(C(C(=O)NC2CCCCC2)N(C)C(=O)C(CC(N)=O)NC(=O)OC(C)(C)C)cc1. The van der Waals surface area contributed by atoms with Gasteiger partial charge in [-0.3, -0.25) is 14.4 Å². The van der Waals surface area contributed by atoms with Gasteiger partial charge in [-0.05, 0) is 51.2 Å². The standard InChI is InChI=1S/C26H40N4O5/c1-6-17-12-14-18(15-13-17)22(23(32)28-19-10-8-7-9-11-19)30(5)24(33)20(16-21(27)31)29-25(34)35-26(2,3)4/h12-15,19-20,22H,6-11,16H2,1-5H3,(H2,27,31)(H,28,32)(H,29,34). The van der Waals surface area contributed by atoms with Gasteiger partial charge in [-0.15, -0.1) is 0 Å². The van der Waals surface area contributed by atoms with Gasteiger partial charge >= 0.3 is 6.09 Å². The number of primary amides is 1. The van der Waals surface area contributed by atoms with Gasteiger partial charge in [0, 0.05) is 13.1 Å². The Morgan fingerprint density at radius 3 is 2.20 bits per heavy atom. The number of carbonyl (C=O) groups is 4. The van der Waals surface area contributed by atoms with Crippen LogP contribution in [0, 0.1) is 0 Å². The number of rotatable bonds is 9. The number of hydrogen-bond donors (Lipinski definition) is 3. The van der Waals surface area contributed by atoms with Crippen molar-refractivity contribution in [1.82, 2.24) is 15.5 Å². The predicted molar refractivity (Wildman–Crippen MR) is 133 cm³/mol. The fourth-order valence-corrected chi connectivity index (χ4v) is 4.24. The van der Waals surface area contributed by atoms with Crippen LogP contribution < -0.4 is 16.4 Å². The van der Waals surface area contributed by atoms with Crippen LogP contribution in [0.25, 0.3) is 0 Å². The van der Waals surface area contributed by atoms with Crippen molar-refractivity contribution in [3.63, 3.8) is 0 Å². The van der Waals surface area contributed by atoms with Crippen LogP contribution in [0.1, 0.15) is 83.4 Å². The van der Waals surface area contributed by atoms with E-state index in [4.69, 9.17) is 10.5 Å². The van der Waals surface area contributed by atoms with E-state index in [2.05, 4.69) is 10.6 Å². The molecule has 1 aromatic carbocycles. The van der Waals surface area contributed by atoms with Gasteiger partial charge in [-0.2, -0.15) is 0 Å². The monoisotopic (exact) mass is 488 g/mol. The van der Waals surface area contributed by atoms with Gasteiger partial charge in [0.05, 0.1) is 6.42 Å². The van der Waals surface area contributed by atoms with Crippen LogP contribution in [0.2, 0.25) is 0 Å². The van der Waals surface area contributed by atoms with Crippen LogP contribution in [0.15, 0.2) is 24.3 Å². The molecule has 0 radical (unpaired) electrons. The zero-order valence-corrected chi connectivity index (χ0v) is 21.6. The zero-order chi connectivity index (χ0) is 26.2. The number of hydrogen-bond acceptors (Lipinski definition) is 5. The number of amides is 4. The molecule has 2 unspecified atom stereocenters. The number of aryl methyl sites for hydroxylation is 1. The molecule has 1 aliphatic carbocycles. The lowest BCUT2D eigenvalue weighted by Crippen LogP contribution is -2.53. The highest BCUT2D eigenvalue weighted by Crippen LogP contribution is 2.24. The molecule has 4 N–H and O–H groups in total.